The van der Waals surface area contributed by atoms with Crippen molar-refractivity contribution in [2.45, 2.75) is 19.4 Å². The fourth-order valence-corrected chi connectivity index (χ4v) is 2.41. The Bertz CT molecular complexity index is 851. The van der Waals surface area contributed by atoms with Crippen LogP contribution in [0.3, 0.4) is 0 Å². The van der Waals surface area contributed by atoms with Crippen molar-refractivity contribution in [3.8, 4) is 11.1 Å². The molecule has 0 aliphatic rings. The fraction of sp³-hybridized carbons (Fsp3) is 0.200. The lowest BCUT2D eigenvalue weighted by molar-refractivity contribution is -0.118. The highest BCUT2D eigenvalue weighted by atomic mass is 16.6. The Hall–Kier alpha value is -3.48. The molecule has 7 nitrogen and oxygen atoms in total. The molecule has 3 N–H and O–H groups in total. The zero-order valence-electron chi connectivity index (χ0n) is 15.1. The Morgan fingerprint density at radius 3 is 2.78 bits per heavy atom. The quantitative estimate of drug-likeness (QED) is 0.694. The third-order valence-corrected chi connectivity index (χ3v) is 3.91. The zero-order chi connectivity index (χ0) is 19.8. The van der Waals surface area contributed by atoms with Gasteiger partial charge in [-0.15, -0.1) is 13.2 Å². The van der Waals surface area contributed by atoms with Crippen LogP contribution in [-0.2, 0) is 9.53 Å². The van der Waals surface area contributed by atoms with E-state index >= 15 is 0 Å². The number of amides is 2. The molecule has 0 bridgehead atoms. The monoisotopic (exact) mass is 366 g/mol. The molecule has 0 fully saturated rings. The molecule has 0 saturated heterocycles. The van der Waals surface area contributed by atoms with E-state index < -0.39 is 12.2 Å². The lowest BCUT2D eigenvalue weighted by Crippen LogP contribution is -2.19. The van der Waals surface area contributed by atoms with Crippen LogP contribution in [0.25, 0.3) is 11.1 Å². The largest absolute Gasteiger partial charge is 0.440 e. The van der Waals surface area contributed by atoms with Gasteiger partial charge in [0.2, 0.25) is 5.91 Å². The van der Waals surface area contributed by atoms with E-state index in [9.17, 15) is 9.59 Å². The molecular weight excluding hydrogens is 344 g/mol. The summed E-state index contributed by atoms with van der Waals surface area (Å²) in [6, 6.07) is 5.35. The second kappa shape index (κ2) is 9.28. The second-order valence-corrected chi connectivity index (χ2v) is 5.85. The summed E-state index contributed by atoms with van der Waals surface area (Å²) in [4.78, 5) is 31.7. The predicted molar refractivity (Wildman–Crippen MR) is 104 cm³/mol. The van der Waals surface area contributed by atoms with Crippen LogP contribution in [0.4, 0.5) is 10.5 Å². The summed E-state index contributed by atoms with van der Waals surface area (Å²) < 4.78 is 5.12. The molecular formula is C20H22N4O3. The molecule has 2 atom stereocenters. The van der Waals surface area contributed by atoms with Crippen LogP contribution >= 0.6 is 0 Å². The van der Waals surface area contributed by atoms with Gasteiger partial charge in [0.1, 0.15) is 6.10 Å². The maximum Gasteiger partial charge on any atom is 0.405 e. The van der Waals surface area contributed by atoms with Crippen LogP contribution in [0.15, 0.2) is 62.1 Å². The molecule has 2 heterocycles. The van der Waals surface area contributed by atoms with E-state index in [1.165, 1.54) is 0 Å². The van der Waals surface area contributed by atoms with E-state index in [4.69, 9.17) is 10.5 Å². The molecule has 0 spiro atoms. The minimum Gasteiger partial charge on any atom is -0.440 e. The van der Waals surface area contributed by atoms with E-state index in [-0.39, 0.29) is 11.8 Å². The Morgan fingerprint density at radius 1 is 1.33 bits per heavy atom. The minimum atomic E-state index is -0.885. The Morgan fingerprint density at radius 2 is 2.11 bits per heavy atom. The van der Waals surface area contributed by atoms with Gasteiger partial charge in [-0.3, -0.25) is 14.8 Å². The smallest absolute Gasteiger partial charge is 0.405 e. The highest BCUT2D eigenvalue weighted by Crippen LogP contribution is 2.30. The van der Waals surface area contributed by atoms with E-state index in [1.807, 2.05) is 0 Å². The number of nitrogens with one attached hydrogen (secondary N) is 1. The van der Waals surface area contributed by atoms with E-state index in [1.54, 1.807) is 55.9 Å². The van der Waals surface area contributed by atoms with Gasteiger partial charge in [0, 0.05) is 24.4 Å². The van der Waals surface area contributed by atoms with Crippen molar-refractivity contribution >= 4 is 17.7 Å². The Kier molecular flexibility index (Phi) is 6.82. The molecule has 2 aromatic rings. The first-order valence-electron chi connectivity index (χ1n) is 8.37. The molecule has 0 aromatic carbocycles. The zero-order valence-corrected chi connectivity index (χ0v) is 15.1. The molecule has 27 heavy (non-hydrogen) atoms. The Balaban J connectivity index is 2.39. The van der Waals surface area contributed by atoms with E-state index in [0.717, 1.165) is 11.1 Å². The molecule has 0 saturated carbocycles. The van der Waals surface area contributed by atoms with Gasteiger partial charge >= 0.3 is 6.09 Å². The van der Waals surface area contributed by atoms with Gasteiger partial charge in [-0.2, -0.15) is 0 Å². The molecule has 0 aliphatic carbocycles. The number of hydrogen-bond donors (Lipinski definition) is 2. The lowest BCUT2D eigenvalue weighted by Gasteiger charge is -2.16. The van der Waals surface area contributed by atoms with Crippen LogP contribution in [0, 0.1) is 5.92 Å². The van der Waals surface area contributed by atoms with Gasteiger partial charge in [0.05, 0.1) is 23.5 Å². The number of nitrogens with zero attached hydrogens (tertiary/aromatic N) is 2. The number of ether oxygens (including phenoxy) is 1. The van der Waals surface area contributed by atoms with Gasteiger partial charge in [-0.1, -0.05) is 19.1 Å². The SMILES string of the molecule is C=CC[C@H](OC(N)=O)c1cc(-c2ccncc2NC(=O)[C@H](C)C=C)ccn1. The summed E-state index contributed by atoms with van der Waals surface area (Å²) >= 11 is 0. The number of pyridine rings is 2. The normalized spacial score (nSPS) is 12.5. The molecule has 2 aromatic heterocycles. The molecule has 0 aliphatic heterocycles. The molecule has 2 amide bonds. The number of hydrogen-bond acceptors (Lipinski definition) is 5. The highest BCUT2D eigenvalue weighted by molar-refractivity contribution is 5.97. The van der Waals surface area contributed by atoms with Crippen molar-refractivity contribution in [3.63, 3.8) is 0 Å². The maximum absolute atomic E-state index is 12.2. The standard InChI is InChI=1S/C20H22N4O3/c1-4-6-18(27-20(21)26)16-11-14(7-10-23-16)15-8-9-22-12-17(15)24-19(25)13(3)5-2/h4-5,7-13,18H,1-2,6H2,3H3,(H2,21,26)(H,24,25)/t13-,18+/m1/s1. The van der Waals surface area contributed by atoms with Crippen LogP contribution in [0.2, 0.25) is 0 Å². The fourth-order valence-electron chi connectivity index (χ4n) is 2.41. The number of aromatic nitrogens is 2. The number of primary amides is 1. The van der Waals surface area contributed by atoms with Gasteiger partial charge in [-0.05, 0) is 23.8 Å². The first-order valence-corrected chi connectivity index (χ1v) is 8.37. The van der Waals surface area contributed by atoms with Crippen molar-refractivity contribution in [1.82, 2.24) is 9.97 Å². The predicted octanol–water partition coefficient (Wildman–Crippen LogP) is 3.62. The van der Waals surface area contributed by atoms with Crippen molar-refractivity contribution in [2.24, 2.45) is 11.7 Å². The van der Waals surface area contributed by atoms with E-state index in [2.05, 4.69) is 28.4 Å². The first kappa shape index (κ1) is 19.8. The lowest BCUT2D eigenvalue weighted by atomic mass is 10.0. The average Bonchev–Trinajstić information content (AvgIpc) is 2.67. The summed E-state index contributed by atoms with van der Waals surface area (Å²) in [6.07, 6.45) is 6.84. The molecule has 0 radical (unpaired) electrons. The summed E-state index contributed by atoms with van der Waals surface area (Å²) in [5, 5.41) is 2.85. The highest BCUT2D eigenvalue weighted by Gasteiger charge is 2.17. The number of carbonyl (C=O) groups is 2. The van der Waals surface area contributed by atoms with Crippen LogP contribution in [0.5, 0.6) is 0 Å². The number of nitrogens with two attached hydrogens (primary N) is 1. The number of rotatable bonds is 8. The molecule has 2 rings (SSSR count). The maximum atomic E-state index is 12.2. The van der Waals surface area contributed by atoms with Crippen LogP contribution in [-0.4, -0.2) is 22.0 Å². The van der Waals surface area contributed by atoms with Crippen LogP contribution < -0.4 is 11.1 Å². The van der Waals surface area contributed by atoms with Crippen molar-refractivity contribution in [1.29, 1.82) is 0 Å². The number of carbonyl (C=O) groups excluding carboxylic acids is 2. The Labute approximate surface area is 158 Å². The van der Waals surface area contributed by atoms with Gasteiger partial charge in [0.25, 0.3) is 0 Å². The third kappa shape index (κ3) is 5.24. The minimum absolute atomic E-state index is 0.185. The topological polar surface area (TPSA) is 107 Å². The van der Waals surface area contributed by atoms with E-state index in [0.29, 0.717) is 17.8 Å². The van der Waals surface area contributed by atoms with Crippen LogP contribution in [0.1, 0.15) is 25.1 Å². The summed E-state index contributed by atoms with van der Waals surface area (Å²) in [7, 11) is 0. The van der Waals surface area contributed by atoms with Gasteiger partial charge in [-0.25, -0.2) is 4.79 Å². The molecule has 140 valence electrons. The summed E-state index contributed by atoms with van der Waals surface area (Å²) in [5.41, 5.74) is 7.77. The van der Waals surface area contributed by atoms with Crippen molar-refractivity contribution < 1.29 is 14.3 Å². The average molecular weight is 366 g/mol. The van der Waals surface area contributed by atoms with Gasteiger partial charge < -0.3 is 15.8 Å². The van der Waals surface area contributed by atoms with Crippen molar-refractivity contribution in [2.75, 3.05) is 5.32 Å². The van der Waals surface area contributed by atoms with Gasteiger partial charge in [0.15, 0.2) is 0 Å². The third-order valence-electron chi connectivity index (χ3n) is 3.91. The first-order chi connectivity index (χ1) is 13.0. The number of anilines is 1. The molecule has 7 heteroatoms. The van der Waals surface area contributed by atoms with Crippen molar-refractivity contribution in [3.05, 3.63) is 67.8 Å². The summed E-state index contributed by atoms with van der Waals surface area (Å²) in [5.74, 6) is -0.526. The summed E-state index contributed by atoms with van der Waals surface area (Å²) in [6.45, 7) is 9.05. The molecule has 0 unspecified atom stereocenters. The second-order valence-electron chi connectivity index (χ2n) is 5.85.